The number of aryl methyl sites for hydroxylation is 2. The van der Waals surface area contributed by atoms with E-state index in [1.54, 1.807) is 12.4 Å². The fourth-order valence-electron chi connectivity index (χ4n) is 1.44. The van der Waals surface area contributed by atoms with Gasteiger partial charge in [-0.05, 0) is 36.4 Å². The summed E-state index contributed by atoms with van der Waals surface area (Å²) in [5.41, 5.74) is 7.27. The van der Waals surface area contributed by atoms with Crippen molar-refractivity contribution in [2.24, 2.45) is 17.9 Å². The van der Waals surface area contributed by atoms with Crippen LogP contribution < -0.4 is 5.73 Å². The molecule has 0 unspecified atom stereocenters. The van der Waals surface area contributed by atoms with Crippen molar-refractivity contribution in [1.29, 1.82) is 0 Å². The Kier molecular flexibility index (Phi) is 3.52. The normalized spacial score (nSPS) is 11.8. The van der Waals surface area contributed by atoms with Crippen LogP contribution in [0, 0.1) is 6.92 Å². The molecule has 0 aliphatic rings. The van der Waals surface area contributed by atoms with Crippen LogP contribution in [0.1, 0.15) is 11.1 Å². The maximum Gasteiger partial charge on any atom is 0.195 e. The van der Waals surface area contributed by atoms with E-state index in [1.165, 1.54) is 11.8 Å². The van der Waals surface area contributed by atoms with Gasteiger partial charge >= 0.3 is 0 Å². The molecule has 0 aliphatic heterocycles. The predicted molar refractivity (Wildman–Crippen MR) is 68.8 cm³/mol. The second-order valence-electron chi connectivity index (χ2n) is 3.79. The quantitative estimate of drug-likeness (QED) is 0.378. The standard InChI is InChI=1S/C11H13N5OS/c1-7-5-8(10(12)15-17)3-4-9(7)18-11-14-13-6-16(11)2/h3-6,17H,1-2H3,(H2,12,15). The molecule has 3 N–H and O–H groups in total. The summed E-state index contributed by atoms with van der Waals surface area (Å²) < 4.78 is 1.85. The minimum atomic E-state index is 0.105. The van der Waals surface area contributed by atoms with Gasteiger partial charge in [0.05, 0.1) is 0 Å². The largest absolute Gasteiger partial charge is 0.409 e. The predicted octanol–water partition coefficient (Wildman–Crippen LogP) is 1.37. The van der Waals surface area contributed by atoms with E-state index in [0.717, 1.165) is 15.6 Å². The summed E-state index contributed by atoms with van der Waals surface area (Å²) in [4.78, 5) is 1.06. The van der Waals surface area contributed by atoms with Gasteiger partial charge in [0.15, 0.2) is 11.0 Å². The third-order valence-electron chi connectivity index (χ3n) is 2.45. The number of oxime groups is 1. The monoisotopic (exact) mass is 263 g/mol. The zero-order chi connectivity index (χ0) is 13.1. The maximum atomic E-state index is 8.63. The first-order valence-corrected chi connectivity index (χ1v) is 6.04. The lowest BCUT2D eigenvalue weighted by atomic mass is 10.1. The van der Waals surface area contributed by atoms with Gasteiger partial charge < -0.3 is 15.5 Å². The SMILES string of the molecule is Cc1cc(/C(N)=N/O)ccc1Sc1nncn1C. The van der Waals surface area contributed by atoms with Gasteiger partial charge in [0.2, 0.25) is 0 Å². The van der Waals surface area contributed by atoms with Crippen LogP contribution in [0.5, 0.6) is 0 Å². The van der Waals surface area contributed by atoms with E-state index in [-0.39, 0.29) is 5.84 Å². The van der Waals surface area contributed by atoms with Crippen LogP contribution in [0.4, 0.5) is 0 Å². The van der Waals surface area contributed by atoms with E-state index < -0.39 is 0 Å². The molecule has 0 fully saturated rings. The zero-order valence-corrected chi connectivity index (χ0v) is 10.8. The molecule has 1 aromatic carbocycles. The molecule has 1 heterocycles. The number of aromatic nitrogens is 3. The first kappa shape index (κ1) is 12.4. The van der Waals surface area contributed by atoms with Gasteiger partial charge in [0, 0.05) is 17.5 Å². The Morgan fingerprint density at radius 1 is 1.50 bits per heavy atom. The molecule has 94 valence electrons. The number of rotatable bonds is 3. The second-order valence-corrected chi connectivity index (χ2v) is 4.80. The summed E-state index contributed by atoms with van der Waals surface area (Å²) in [6, 6.07) is 5.59. The summed E-state index contributed by atoms with van der Waals surface area (Å²) >= 11 is 1.52. The molecule has 7 heteroatoms. The van der Waals surface area contributed by atoms with Crippen LogP contribution in [0.15, 0.2) is 39.7 Å². The molecule has 18 heavy (non-hydrogen) atoms. The minimum absolute atomic E-state index is 0.105. The maximum absolute atomic E-state index is 8.63. The van der Waals surface area contributed by atoms with Crippen molar-refractivity contribution >= 4 is 17.6 Å². The van der Waals surface area contributed by atoms with Gasteiger partial charge in [-0.15, -0.1) is 10.2 Å². The lowest BCUT2D eigenvalue weighted by Crippen LogP contribution is -2.13. The smallest absolute Gasteiger partial charge is 0.195 e. The molecule has 0 bridgehead atoms. The summed E-state index contributed by atoms with van der Waals surface area (Å²) in [5, 5.41) is 20.3. The van der Waals surface area contributed by atoms with Gasteiger partial charge in [-0.2, -0.15) is 0 Å². The van der Waals surface area contributed by atoms with Crippen molar-refractivity contribution in [3.8, 4) is 0 Å². The fraction of sp³-hybridized carbons (Fsp3) is 0.182. The fourth-order valence-corrected chi connectivity index (χ4v) is 2.28. The molecule has 0 saturated carbocycles. The topological polar surface area (TPSA) is 89.3 Å². The molecule has 0 aliphatic carbocycles. The highest BCUT2D eigenvalue weighted by atomic mass is 32.2. The van der Waals surface area contributed by atoms with Gasteiger partial charge in [-0.3, -0.25) is 0 Å². The van der Waals surface area contributed by atoms with Crippen LogP contribution in [0.3, 0.4) is 0 Å². The van der Waals surface area contributed by atoms with Crippen molar-refractivity contribution < 1.29 is 5.21 Å². The second kappa shape index (κ2) is 5.09. The first-order chi connectivity index (χ1) is 8.61. The Balaban J connectivity index is 2.28. The number of hydrogen-bond acceptors (Lipinski definition) is 5. The molecule has 1 aromatic heterocycles. The summed E-state index contributed by atoms with van der Waals surface area (Å²) in [7, 11) is 1.89. The molecular formula is C11H13N5OS. The Morgan fingerprint density at radius 2 is 2.28 bits per heavy atom. The number of nitrogens with two attached hydrogens (primary N) is 1. The average molecular weight is 263 g/mol. The lowest BCUT2D eigenvalue weighted by molar-refractivity contribution is 0.318. The molecule has 0 amide bonds. The van der Waals surface area contributed by atoms with Crippen LogP contribution in [-0.4, -0.2) is 25.8 Å². The minimum Gasteiger partial charge on any atom is -0.409 e. The average Bonchev–Trinajstić information content (AvgIpc) is 2.76. The number of amidine groups is 1. The molecule has 0 spiro atoms. The number of benzene rings is 1. The van der Waals surface area contributed by atoms with Crippen molar-refractivity contribution in [1.82, 2.24) is 14.8 Å². The highest BCUT2D eigenvalue weighted by Crippen LogP contribution is 2.28. The van der Waals surface area contributed by atoms with E-state index in [1.807, 2.05) is 30.7 Å². The Labute approximate surface area is 109 Å². The van der Waals surface area contributed by atoms with E-state index in [2.05, 4.69) is 15.4 Å². The summed E-state index contributed by atoms with van der Waals surface area (Å²) in [6.45, 7) is 1.97. The third kappa shape index (κ3) is 2.45. The van der Waals surface area contributed by atoms with E-state index in [4.69, 9.17) is 10.9 Å². The molecule has 0 radical (unpaired) electrons. The molecule has 0 atom stereocenters. The summed E-state index contributed by atoms with van der Waals surface area (Å²) in [6.07, 6.45) is 1.66. The van der Waals surface area contributed by atoms with Crippen LogP contribution in [-0.2, 0) is 7.05 Å². The van der Waals surface area contributed by atoms with E-state index >= 15 is 0 Å². The number of nitrogens with zero attached hydrogens (tertiary/aromatic N) is 4. The lowest BCUT2D eigenvalue weighted by Gasteiger charge is -2.06. The molecular weight excluding hydrogens is 250 g/mol. The highest BCUT2D eigenvalue weighted by molar-refractivity contribution is 7.99. The van der Waals surface area contributed by atoms with Crippen molar-refractivity contribution in [3.63, 3.8) is 0 Å². The van der Waals surface area contributed by atoms with Gasteiger partial charge in [0.1, 0.15) is 6.33 Å². The van der Waals surface area contributed by atoms with E-state index in [9.17, 15) is 0 Å². The van der Waals surface area contributed by atoms with Crippen LogP contribution in [0.25, 0.3) is 0 Å². The third-order valence-corrected chi connectivity index (χ3v) is 3.68. The van der Waals surface area contributed by atoms with Crippen molar-refractivity contribution in [2.45, 2.75) is 17.0 Å². The molecule has 2 aromatic rings. The van der Waals surface area contributed by atoms with Crippen LogP contribution in [0.2, 0.25) is 0 Å². The highest BCUT2D eigenvalue weighted by Gasteiger charge is 2.08. The van der Waals surface area contributed by atoms with Crippen molar-refractivity contribution in [2.75, 3.05) is 0 Å². The molecule has 0 saturated heterocycles. The molecule has 2 rings (SSSR count). The van der Waals surface area contributed by atoms with Gasteiger partial charge in [0.25, 0.3) is 0 Å². The summed E-state index contributed by atoms with van der Waals surface area (Å²) in [5.74, 6) is 0.105. The Morgan fingerprint density at radius 3 is 2.83 bits per heavy atom. The van der Waals surface area contributed by atoms with Crippen LogP contribution >= 0.6 is 11.8 Å². The number of hydrogen-bond donors (Lipinski definition) is 2. The van der Waals surface area contributed by atoms with Gasteiger partial charge in [-0.25, -0.2) is 0 Å². The van der Waals surface area contributed by atoms with E-state index in [0.29, 0.717) is 5.56 Å². The molecule has 6 nitrogen and oxygen atoms in total. The van der Waals surface area contributed by atoms with Gasteiger partial charge in [-0.1, -0.05) is 11.2 Å². The first-order valence-electron chi connectivity index (χ1n) is 5.22. The van der Waals surface area contributed by atoms with Crippen molar-refractivity contribution in [3.05, 3.63) is 35.7 Å². The zero-order valence-electron chi connectivity index (χ0n) is 10.0. The Bertz CT molecular complexity index is 593. The Hall–Kier alpha value is -2.02.